The average Bonchev–Trinajstić information content (AvgIpc) is 3.21. The topological polar surface area (TPSA) is 87.3 Å². The minimum absolute atomic E-state index is 0.151. The van der Waals surface area contributed by atoms with Crippen molar-refractivity contribution in [3.05, 3.63) is 46.9 Å². The summed E-state index contributed by atoms with van der Waals surface area (Å²) in [6.45, 7) is 1.86. The molecule has 118 valence electrons. The van der Waals surface area contributed by atoms with Crippen molar-refractivity contribution in [3.63, 3.8) is 0 Å². The molecule has 1 aromatic carbocycles. The molecule has 0 aliphatic carbocycles. The summed E-state index contributed by atoms with van der Waals surface area (Å²) < 4.78 is 19.3. The third-order valence-corrected chi connectivity index (χ3v) is 3.77. The minimum Gasteiger partial charge on any atom is -0.497 e. The molecule has 7 nitrogen and oxygen atoms in total. The first-order chi connectivity index (χ1) is 11.2. The lowest BCUT2D eigenvalue weighted by Crippen LogP contribution is -2.05. The molecule has 0 aliphatic heterocycles. The largest absolute Gasteiger partial charge is 0.497 e. The zero-order chi connectivity index (χ0) is 16.2. The number of benzene rings is 1. The summed E-state index contributed by atoms with van der Waals surface area (Å²) in [5, 5.41) is 3.93. The number of carbonyl (C=O) groups excluding carboxylic acids is 1. The summed E-state index contributed by atoms with van der Waals surface area (Å²) in [6.07, 6.45) is 1.44. The number of methoxy groups -OCH3 is 1. The highest BCUT2D eigenvalue weighted by Crippen LogP contribution is 2.24. The van der Waals surface area contributed by atoms with Crippen LogP contribution in [-0.4, -0.2) is 27.7 Å². The number of aromatic nitrogens is 3. The standard InChI is InChI=1S/C15H13N3O4S/c1-9-16-12(8-21-9)13-14(23-18-17-13)15(19)22-7-10-3-5-11(20-2)6-4-10/h3-6,8H,7H2,1-2H3. The smallest absolute Gasteiger partial charge is 0.352 e. The Morgan fingerprint density at radius 3 is 2.74 bits per heavy atom. The monoisotopic (exact) mass is 331 g/mol. The van der Waals surface area contributed by atoms with Crippen molar-refractivity contribution in [2.75, 3.05) is 7.11 Å². The highest BCUT2D eigenvalue weighted by Gasteiger charge is 2.21. The molecule has 3 rings (SSSR count). The van der Waals surface area contributed by atoms with E-state index in [2.05, 4.69) is 14.6 Å². The van der Waals surface area contributed by atoms with Crippen molar-refractivity contribution in [3.8, 4) is 17.1 Å². The number of hydrogen-bond acceptors (Lipinski definition) is 8. The van der Waals surface area contributed by atoms with Gasteiger partial charge in [-0.25, -0.2) is 9.78 Å². The first-order valence-electron chi connectivity index (χ1n) is 6.72. The second kappa shape index (κ2) is 6.57. The molecule has 0 saturated heterocycles. The van der Waals surface area contributed by atoms with Crippen LogP contribution in [0, 0.1) is 6.92 Å². The van der Waals surface area contributed by atoms with Gasteiger partial charge in [-0.2, -0.15) is 0 Å². The zero-order valence-electron chi connectivity index (χ0n) is 12.5. The number of aryl methyl sites for hydroxylation is 1. The van der Waals surface area contributed by atoms with Gasteiger partial charge >= 0.3 is 5.97 Å². The van der Waals surface area contributed by atoms with Gasteiger partial charge in [0.1, 0.15) is 30.0 Å². The van der Waals surface area contributed by atoms with E-state index in [1.54, 1.807) is 26.2 Å². The fraction of sp³-hybridized carbons (Fsp3) is 0.200. The third-order valence-electron chi connectivity index (χ3n) is 3.06. The Morgan fingerprint density at radius 1 is 1.30 bits per heavy atom. The van der Waals surface area contributed by atoms with Gasteiger partial charge in [0.2, 0.25) is 0 Å². The second-order valence-corrected chi connectivity index (χ2v) is 5.38. The molecule has 8 heteroatoms. The van der Waals surface area contributed by atoms with Crippen LogP contribution in [0.25, 0.3) is 11.4 Å². The van der Waals surface area contributed by atoms with Gasteiger partial charge in [0.15, 0.2) is 10.8 Å². The van der Waals surface area contributed by atoms with Crippen molar-refractivity contribution in [1.82, 2.24) is 14.6 Å². The molecule has 0 unspecified atom stereocenters. The van der Waals surface area contributed by atoms with Crippen LogP contribution >= 0.6 is 11.5 Å². The number of carbonyl (C=O) groups is 1. The number of rotatable bonds is 5. The predicted octanol–water partition coefficient (Wildman–Crippen LogP) is 2.87. The number of nitrogens with zero attached hydrogens (tertiary/aromatic N) is 3. The Kier molecular flexibility index (Phi) is 4.33. The maximum Gasteiger partial charge on any atom is 0.352 e. The quantitative estimate of drug-likeness (QED) is 0.664. The Bertz CT molecular complexity index is 810. The number of ether oxygens (including phenoxy) is 2. The van der Waals surface area contributed by atoms with Crippen LogP contribution in [0.3, 0.4) is 0 Å². The highest BCUT2D eigenvalue weighted by atomic mass is 32.1. The molecular weight excluding hydrogens is 318 g/mol. The van der Waals surface area contributed by atoms with Gasteiger partial charge in [-0.3, -0.25) is 0 Å². The van der Waals surface area contributed by atoms with Crippen LogP contribution in [0.4, 0.5) is 0 Å². The fourth-order valence-electron chi connectivity index (χ4n) is 1.90. The number of hydrogen-bond donors (Lipinski definition) is 0. The van der Waals surface area contributed by atoms with E-state index < -0.39 is 5.97 Å². The van der Waals surface area contributed by atoms with Crippen LogP contribution in [0.2, 0.25) is 0 Å². The number of esters is 1. The van der Waals surface area contributed by atoms with E-state index in [0.29, 0.717) is 22.2 Å². The summed E-state index contributed by atoms with van der Waals surface area (Å²) in [4.78, 5) is 16.7. The summed E-state index contributed by atoms with van der Waals surface area (Å²) in [5.74, 6) is 0.743. The van der Waals surface area contributed by atoms with Crippen LogP contribution in [0.15, 0.2) is 34.9 Å². The van der Waals surface area contributed by atoms with Crippen LogP contribution < -0.4 is 4.74 Å². The molecule has 0 bridgehead atoms. The average molecular weight is 331 g/mol. The molecule has 0 spiro atoms. The SMILES string of the molecule is COc1ccc(COC(=O)c2snnc2-c2coc(C)n2)cc1. The van der Waals surface area contributed by atoms with Gasteiger partial charge in [0.05, 0.1) is 7.11 Å². The first kappa shape index (κ1) is 15.2. The van der Waals surface area contributed by atoms with Crippen molar-refractivity contribution in [2.24, 2.45) is 0 Å². The van der Waals surface area contributed by atoms with Gasteiger partial charge in [0.25, 0.3) is 0 Å². The van der Waals surface area contributed by atoms with E-state index in [1.165, 1.54) is 6.26 Å². The van der Waals surface area contributed by atoms with Crippen molar-refractivity contribution in [2.45, 2.75) is 13.5 Å². The van der Waals surface area contributed by atoms with Crippen LogP contribution in [0.1, 0.15) is 21.1 Å². The Labute approximate surface area is 136 Å². The molecule has 0 radical (unpaired) electrons. The molecule has 0 aliphatic rings. The maximum absolute atomic E-state index is 12.2. The normalized spacial score (nSPS) is 10.5. The fourth-order valence-corrected chi connectivity index (χ4v) is 2.47. The van der Waals surface area contributed by atoms with Crippen molar-refractivity contribution in [1.29, 1.82) is 0 Å². The van der Waals surface area contributed by atoms with Gasteiger partial charge in [0, 0.05) is 6.92 Å². The number of oxazole rings is 1. The zero-order valence-corrected chi connectivity index (χ0v) is 13.3. The minimum atomic E-state index is -0.494. The molecule has 2 heterocycles. The molecule has 0 saturated carbocycles. The highest BCUT2D eigenvalue weighted by molar-refractivity contribution is 7.08. The maximum atomic E-state index is 12.2. The summed E-state index contributed by atoms with van der Waals surface area (Å²) in [6, 6.07) is 7.28. The van der Waals surface area contributed by atoms with E-state index in [9.17, 15) is 4.79 Å². The molecule has 0 fully saturated rings. The molecule has 0 amide bonds. The first-order valence-corrected chi connectivity index (χ1v) is 7.49. The Morgan fingerprint density at radius 2 is 2.09 bits per heavy atom. The Balaban J connectivity index is 1.70. The molecule has 3 aromatic rings. The van der Waals surface area contributed by atoms with E-state index >= 15 is 0 Å². The van der Waals surface area contributed by atoms with E-state index in [1.807, 2.05) is 12.1 Å². The van der Waals surface area contributed by atoms with Crippen LogP contribution in [0.5, 0.6) is 5.75 Å². The summed E-state index contributed by atoms with van der Waals surface area (Å²) in [5.41, 5.74) is 1.69. The molecule has 2 aromatic heterocycles. The lowest BCUT2D eigenvalue weighted by atomic mass is 10.2. The van der Waals surface area contributed by atoms with Crippen molar-refractivity contribution < 1.29 is 18.7 Å². The third kappa shape index (κ3) is 3.37. The Hall–Kier alpha value is -2.74. The summed E-state index contributed by atoms with van der Waals surface area (Å²) in [7, 11) is 1.60. The second-order valence-electron chi connectivity index (χ2n) is 4.63. The van der Waals surface area contributed by atoms with E-state index in [4.69, 9.17) is 13.9 Å². The molecular formula is C15H13N3O4S. The predicted molar refractivity (Wildman–Crippen MR) is 82.3 cm³/mol. The van der Waals surface area contributed by atoms with Gasteiger partial charge in [-0.05, 0) is 29.2 Å². The van der Waals surface area contributed by atoms with Crippen LogP contribution in [-0.2, 0) is 11.3 Å². The molecule has 0 atom stereocenters. The lowest BCUT2D eigenvalue weighted by Gasteiger charge is -2.05. The van der Waals surface area contributed by atoms with Gasteiger partial charge in [-0.15, -0.1) is 5.10 Å². The van der Waals surface area contributed by atoms with E-state index in [-0.39, 0.29) is 6.61 Å². The van der Waals surface area contributed by atoms with Gasteiger partial charge in [-0.1, -0.05) is 16.6 Å². The molecule has 0 N–H and O–H groups in total. The lowest BCUT2D eigenvalue weighted by molar-refractivity contribution is 0.0479. The van der Waals surface area contributed by atoms with Crippen molar-refractivity contribution >= 4 is 17.5 Å². The van der Waals surface area contributed by atoms with E-state index in [0.717, 1.165) is 22.8 Å². The van der Waals surface area contributed by atoms with Gasteiger partial charge < -0.3 is 13.9 Å². The summed E-state index contributed by atoms with van der Waals surface area (Å²) >= 11 is 0.966. The molecule has 23 heavy (non-hydrogen) atoms.